The lowest BCUT2D eigenvalue weighted by atomic mass is 9.99. The van der Waals surface area contributed by atoms with Crippen LogP contribution in [0.3, 0.4) is 0 Å². The number of sulfonamides is 1. The van der Waals surface area contributed by atoms with Gasteiger partial charge in [-0.3, -0.25) is 4.79 Å². The minimum absolute atomic E-state index is 0.0208. The molecule has 7 heteroatoms. The van der Waals surface area contributed by atoms with Crippen LogP contribution in [-0.4, -0.2) is 49.8 Å². The monoisotopic (exact) mass is 384 g/mol. The van der Waals surface area contributed by atoms with E-state index in [1.54, 1.807) is 18.7 Å². The Morgan fingerprint density at radius 3 is 2.84 bits per heavy atom. The maximum atomic E-state index is 12.3. The van der Waals surface area contributed by atoms with Crippen LogP contribution in [0.1, 0.15) is 30.9 Å². The van der Waals surface area contributed by atoms with Gasteiger partial charge in [0.15, 0.2) is 0 Å². The number of piperidine rings is 1. The molecule has 1 N–H and O–H groups in total. The summed E-state index contributed by atoms with van der Waals surface area (Å²) < 4.78 is 25.4. The molecule has 1 aliphatic heterocycles. The molecule has 140 valence electrons. The minimum atomic E-state index is -3.20. The summed E-state index contributed by atoms with van der Waals surface area (Å²) in [5.74, 6) is 1.64. The van der Waals surface area contributed by atoms with E-state index in [9.17, 15) is 13.2 Å². The van der Waals surface area contributed by atoms with Crippen LogP contribution in [0.25, 0.3) is 0 Å². The highest BCUT2D eigenvalue weighted by Gasteiger charge is 2.31. The first-order valence-electron chi connectivity index (χ1n) is 8.82. The second-order valence-electron chi connectivity index (χ2n) is 6.37. The maximum absolute atomic E-state index is 12.3. The third kappa shape index (κ3) is 6.01. The van der Waals surface area contributed by atoms with Gasteiger partial charge in [-0.05, 0) is 37.8 Å². The molecule has 5 nitrogen and oxygen atoms in total. The first-order valence-corrected chi connectivity index (χ1v) is 11.6. The van der Waals surface area contributed by atoms with Crippen molar-refractivity contribution in [3.05, 3.63) is 35.4 Å². The van der Waals surface area contributed by atoms with Gasteiger partial charge in [0.2, 0.25) is 15.9 Å². The van der Waals surface area contributed by atoms with Gasteiger partial charge in [0.25, 0.3) is 0 Å². The number of hydrogen-bond donors (Lipinski definition) is 1. The lowest BCUT2D eigenvalue weighted by Crippen LogP contribution is -2.46. The van der Waals surface area contributed by atoms with Gasteiger partial charge in [0, 0.05) is 31.1 Å². The number of amides is 1. The van der Waals surface area contributed by atoms with Crippen molar-refractivity contribution in [2.75, 3.05) is 31.1 Å². The van der Waals surface area contributed by atoms with Crippen molar-refractivity contribution in [1.29, 1.82) is 0 Å². The van der Waals surface area contributed by atoms with E-state index in [1.807, 2.05) is 12.1 Å². The van der Waals surface area contributed by atoms with Crippen LogP contribution >= 0.6 is 11.8 Å². The van der Waals surface area contributed by atoms with E-state index in [-0.39, 0.29) is 17.6 Å². The van der Waals surface area contributed by atoms with Gasteiger partial charge >= 0.3 is 0 Å². The minimum Gasteiger partial charge on any atom is -0.355 e. The Kier molecular flexibility index (Phi) is 7.78. The zero-order valence-corrected chi connectivity index (χ0v) is 16.7. The molecule has 2 rings (SSSR count). The van der Waals surface area contributed by atoms with Crippen LogP contribution in [0, 0.1) is 12.8 Å². The van der Waals surface area contributed by atoms with Crippen LogP contribution in [0.4, 0.5) is 0 Å². The molecule has 1 heterocycles. The van der Waals surface area contributed by atoms with Crippen molar-refractivity contribution in [3.63, 3.8) is 0 Å². The number of thioether (sulfide) groups is 1. The van der Waals surface area contributed by atoms with Crippen LogP contribution in [0.15, 0.2) is 24.3 Å². The number of carbonyl (C=O) groups is 1. The van der Waals surface area contributed by atoms with Crippen LogP contribution in [-0.2, 0) is 20.6 Å². The van der Waals surface area contributed by atoms with Gasteiger partial charge in [0.05, 0.1) is 11.7 Å². The fourth-order valence-electron chi connectivity index (χ4n) is 2.94. The van der Waals surface area contributed by atoms with E-state index < -0.39 is 10.0 Å². The third-order valence-corrected chi connectivity index (χ3v) is 7.43. The Hall–Kier alpha value is -1.05. The van der Waals surface area contributed by atoms with Gasteiger partial charge in [-0.25, -0.2) is 12.7 Å². The molecule has 1 amide bonds. The van der Waals surface area contributed by atoms with Crippen molar-refractivity contribution in [2.45, 2.75) is 32.4 Å². The largest absolute Gasteiger partial charge is 0.355 e. The summed E-state index contributed by atoms with van der Waals surface area (Å²) in [6.07, 6.45) is 1.51. The molecule has 1 aromatic carbocycles. The number of nitrogens with one attached hydrogen (secondary N) is 1. The topological polar surface area (TPSA) is 66.5 Å². The molecule has 0 radical (unpaired) electrons. The molecule has 1 fully saturated rings. The molecule has 1 saturated heterocycles. The van der Waals surface area contributed by atoms with E-state index in [0.717, 1.165) is 24.3 Å². The van der Waals surface area contributed by atoms with Crippen molar-refractivity contribution in [3.8, 4) is 0 Å². The van der Waals surface area contributed by atoms with Crippen molar-refractivity contribution in [1.82, 2.24) is 9.62 Å². The summed E-state index contributed by atoms with van der Waals surface area (Å²) in [6.45, 7) is 5.22. The second-order valence-corrected chi connectivity index (χ2v) is 9.73. The van der Waals surface area contributed by atoms with E-state index in [2.05, 4.69) is 24.4 Å². The van der Waals surface area contributed by atoms with Gasteiger partial charge < -0.3 is 5.32 Å². The van der Waals surface area contributed by atoms with Gasteiger partial charge in [0.1, 0.15) is 0 Å². The Labute approximate surface area is 155 Å². The summed E-state index contributed by atoms with van der Waals surface area (Å²) in [6, 6.07) is 8.32. The summed E-state index contributed by atoms with van der Waals surface area (Å²) in [5.41, 5.74) is 2.62. The quantitative estimate of drug-likeness (QED) is 0.699. The highest BCUT2D eigenvalue weighted by atomic mass is 32.2. The predicted molar refractivity (Wildman–Crippen MR) is 104 cm³/mol. The lowest BCUT2D eigenvalue weighted by Gasteiger charge is -2.30. The predicted octanol–water partition coefficient (Wildman–Crippen LogP) is 2.41. The van der Waals surface area contributed by atoms with E-state index >= 15 is 0 Å². The normalized spacial score (nSPS) is 18.9. The van der Waals surface area contributed by atoms with Crippen LogP contribution in [0.5, 0.6) is 0 Å². The molecule has 0 spiro atoms. The number of carbonyl (C=O) groups excluding carboxylic acids is 1. The number of rotatable bonds is 8. The molecule has 0 aliphatic carbocycles. The fraction of sp³-hybridized carbons (Fsp3) is 0.611. The highest BCUT2D eigenvalue weighted by Crippen LogP contribution is 2.20. The van der Waals surface area contributed by atoms with E-state index in [4.69, 9.17) is 0 Å². The molecule has 1 aliphatic rings. The Bertz CT molecular complexity index is 677. The van der Waals surface area contributed by atoms with Gasteiger partial charge in [-0.1, -0.05) is 24.3 Å². The first-order chi connectivity index (χ1) is 11.9. The Morgan fingerprint density at radius 2 is 2.12 bits per heavy atom. The maximum Gasteiger partial charge on any atom is 0.224 e. The summed E-state index contributed by atoms with van der Waals surface area (Å²) >= 11 is 1.80. The molecule has 1 atom stereocenters. The molecule has 0 bridgehead atoms. The summed E-state index contributed by atoms with van der Waals surface area (Å²) in [4.78, 5) is 12.3. The Balaban J connectivity index is 1.70. The van der Waals surface area contributed by atoms with Crippen LogP contribution in [0.2, 0.25) is 0 Å². The average molecular weight is 385 g/mol. The van der Waals surface area contributed by atoms with Crippen molar-refractivity contribution >= 4 is 27.7 Å². The SMILES string of the molecule is CCS(=O)(=O)N1CCC[C@@H](C(=O)NCCSCc2ccccc2C)C1. The Morgan fingerprint density at radius 1 is 1.36 bits per heavy atom. The van der Waals surface area contributed by atoms with E-state index in [0.29, 0.717) is 19.6 Å². The van der Waals surface area contributed by atoms with E-state index in [1.165, 1.54) is 15.4 Å². The second kappa shape index (κ2) is 9.59. The molecule has 0 aromatic heterocycles. The van der Waals surface area contributed by atoms with Crippen molar-refractivity contribution < 1.29 is 13.2 Å². The molecule has 25 heavy (non-hydrogen) atoms. The summed E-state index contributed by atoms with van der Waals surface area (Å²) in [7, 11) is -3.20. The first kappa shape index (κ1) is 20.3. The molecule has 1 aromatic rings. The van der Waals surface area contributed by atoms with Crippen LogP contribution < -0.4 is 5.32 Å². The number of aryl methyl sites for hydroxylation is 1. The number of hydrogen-bond acceptors (Lipinski definition) is 4. The zero-order valence-electron chi connectivity index (χ0n) is 15.0. The molecular formula is C18H28N2O3S2. The molecule has 0 unspecified atom stereocenters. The standard InChI is InChI=1S/C18H28N2O3S2/c1-3-25(22,23)20-11-6-9-16(13-20)18(21)19-10-12-24-14-17-8-5-4-7-15(17)2/h4-5,7-8,16H,3,6,9-14H2,1-2H3,(H,19,21)/t16-/m1/s1. The van der Waals surface area contributed by atoms with Gasteiger partial charge in [-0.2, -0.15) is 11.8 Å². The average Bonchev–Trinajstić information content (AvgIpc) is 2.63. The highest BCUT2D eigenvalue weighted by molar-refractivity contribution is 7.98. The zero-order chi connectivity index (χ0) is 18.3. The summed E-state index contributed by atoms with van der Waals surface area (Å²) in [5, 5.41) is 2.96. The van der Waals surface area contributed by atoms with Crippen molar-refractivity contribution in [2.24, 2.45) is 5.92 Å². The fourth-order valence-corrected chi connectivity index (χ4v) is 5.05. The third-order valence-electron chi connectivity index (χ3n) is 4.58. The molecular weight excluding hydrogens is 356 g/mol. The smallest absolute Gasteiger partial charge is 0.224 e. The number of benzene rings is 1. The van der Waals surface area contributed by atoms with Gasteiger partial charge in [-0.15, -0.1) is 0 Å². The lowest BCUT2D eigenvalue weighted by molar-refractivity contribution is -0.125. The molecule has 0 saturated carbocycles. The number of nitrogens with zero attached hydrogens (tertiary/aromatic N) is 1.